The number of thioether (sulfide) groups is 1. The van der Waals surface area contributed by atoms with Gasteiger partial charge < -0.3 is 10.1 Å². The van der Waals surface area contributed by atoms with Crippen molar-refractivity contribution in [3.63, 3.8) is 0 Å². The maximum absolute atomic E-state index is 12.6. The quantitative estimate of drug-likeness (QED) is 0.580. The number of benzene rings is 2. The number of aromatic nitrogens is 3. The number of nitrogens with one attached hydrogen (secondary N) is 1. The topological polar surface area (TPSA) is 69.0 Å². The van der Waals surface area contributed by atoms with E-state index in [-0.39, 0.29) is 11.7 Å². The lowest BCUT2D eigenvalue weighted by Gasteiger charge is -2.14. The highest BCUT2D eigenvalue weighted by Crippen LogP contribution is 2.27. The number of hydrogen-bond acceptors (Lipinski definition) is 5. The first-order valence-corrected chi connectivity index (χ1v) is 10.2. The summed E-state index contributed by atoms with van der Waals surface area (Å²) < 4.78 is 7.24. The average Bonchev–Trinajstić information content (AvgIpc) is 3.20. The van der Waals surface area contributed by atoms with Crippen molar-refractivity contribution in [2.45, 2.75) is 31.8 Å². The van der Waals surface area contributed by atoms with Gasteiger partial charge in [0.2, 0.25) is 5.91 Å². The Morgan fingerprint density at radius 3 is 2.50 bits per heavy atom. The van der Waals surface area contributed by atoms with Gasteiger partial charge in [0.15, 0.2) is 5.16 Å². The third-order valence-corrected chi connectivity index (χ3v) is 5.40. The molecule has 0 aliphatic rings. The van der Waals surface area contributed by atoms with Crippen molar-refractivity contribution < 1.29 is 9.53 Å². The van der Waals surface area contributed by atoms with E-state index in [0.29, 0.717) is 5.16 Å². The van der Waals surface area contributed by atoms with Crippen molar-refractivity contribution in [3.05, 3.63) is 59.9 Å². The summed E-state index contributed by atoms with van der Waals surface area (Å²) in [5.74, 6) is 0.905. The average molecular weight is 397 g/mol. The first-order chi connectivity index (χ1) is 13.7. The number of nitrogens with zero attached hydrogens (tertiary/aromatic N) is 3. The van der Waals surface area contributed by atoms with E-state index in [1.54, 1.807) is 13.4 Å². The summed E-state index contributed by atoms with van der Waals surface area (Å²) in [7, 11) is 1.62. The van der Waals surface area contributed by atoms with Gasteiger partial charge >= 0.3 is 0 Å². The number of para-hydroxylation sites is 3. The van der Waals surface area contributed by atoms with E-state index in [9.17, 15) is 4.79 Å². The van der Waals surface area contributed by atoms with E-state index in [1.165, 1.54) is 11.8 Å². The molecule has 1 amide bonds. The smallest absolute Gasteiger partial charge is 0.234 e. The lowest BCUT2D eigenvalue weighted by Crippen LogP contribution is -2.17. The van der Waals surface area contributed by atoms with E-state index in [4.69, 9.17) is 4.74 Å². The van der Waals surface area contributed by atoms with Crippen LogP contribution in [0.3, 0.4) is 0 Å². The number of ether oxygens (including phenoxy) is 1. The molecule has 1 heterocycles. The highest BCUT2D eigenvalue weighted by atomic mass is 32.2. The second-order valence-electron chi connectivity index (χ2n) is 6.15. The SMILES string of the molecule is CCc1cccc(CC)c1NC(=O)CSc1nncn1-c1ccccc1OC. The maximum Gasteiger partial charge on any atom is 0.234 e. The summed E-state index contributed by atoms with van der Waals surface area (Å²) in [6.07, 6.45) is 3.37. The fourth-order valence-corrected chi connectivity index (χ4v) is 3.75. The molecule has 0 radical (unpaired) electrons. The third kappa shape index (κ3) is 4.36. The minimum atomic E-state index is -0.0600. The molecule has 1 aromatic heterocycles. The zero-order chi connectivity index (χ0) is 19.9. The summed E-state index contributed by atoms with van der Waals surface area (Å²) >= 11 is 1.34. The van der Waals surface area contributed by atoms with Crippen molar-refractivity contribution in [1.82, 2.24) is 14.8 Å². The number of carbonyl (C=O) groups excluding carboxylic acids is 1. The highest BCUT2D eigenvalue weighted by Gasteiger charge is 2.15. The number of rotatable bonds is 8. The van der Waals surface area contributed by atoms with Crippen molar-refractivity contribution in [1.29, 1.82) is 0 Å². The lowest BCUT2D eigenvalue weighted by atomic mass is 10.0. The number of anilines is 1. The Balaban J connectivity index is 1.73. The molecule has 1 N–H and O–H groups in total. The zero-order valence-electron chi connectivity index (χ0n) is 16.3. The molecule has 146 valence electrons. The highest BCUT2D eigenvalue weighted by molar-refractivity contribution is 7.99. The predicted molar refractivity (Wildman–Crippen MR) is 112 cm³/mol. The van der Waals surface area contributed by atoms with Crippen molar-refractivity contribution in [2.75, 3.05) is 18.2 Å². The summed E-state index contributed by atoms with van der Waals surface area (Å²) in [5, 5.41) is 11.9. The molecule has 0 saturated carbocycles. The van der Waals surface area contributed by atoms with Crippen LogP contribution in [0.4, 0.5) is 5.69 Å². The summed E-state index contributed by atoms with van der Waals surface area (Å²) in [5.41, 5.74) is 4.07. The Labute approximate surface area is 169 Å². The second-order valence-corrected chi connectivity index (χ2v) is 7.09. The van der Waals surface area contributed by atoms with Gasteiger partial charge in [-0.25, -0.2) is 0 Å². The van der Waals surface area contributed by atoms with Crippen LogP contribution in [-0.2, 0) is 17.6 Å². The molecule has 0 saturated heterocycles. The van der Waals surface area contributed by atoms with Gasteiger partial charge in [0.25, 0.3) is 0 Å². The summed E-state index contributed by atoms with van der Waals surface area (Å²) in [6, 6.07) is 13.8. The fourth-order valence-electron chi connectivity index (χ4n) is 3.03. The van der Waals surface area contributed by atoms with Gasteiger partial charge in [0.1, 0.15) is 12.1 Å². The van der Waals surface area contributed by atoms with Crippen LogP contribution in [0, 0.1) is 0 Å². The monoisotopic (exact) mass is 396 g/mol. The van der Waals surface area contributed by atoms with Crippen molar-refractivity contribution in [3.8, 4) is 11.4 Å². The van der Waals surface area contributed by atoms with Crippen LogP contribution in [0.15, 0.2) is 53.9 Å². The van der Waals surface area contributed by atoms with Crippen LogP contribution in [0.25, 0.3) is 5.69 Å². The first-order valence-electron chi connectivity index (χ1n) is 9.24. The van der Waals surface area contributed by atoms with Crippen molar-refractivity contribution >= 4 is 23.4 Å². The molecule has 3 aromatic rings. The Morgan fingerprint density at radius 1 is 1.11 bits per heavy atom. The number of aryl methyl sites for hydroxylation is 2. The van der Waals surface area contributed by atoms with Gasteiger partial charge in [-0.05, 0) is 36.1 Å². The molecule has 0 unspecified atom stereocenters. The molecule has 3 rings (SSSR count). The van der Waals surface area contributed by atoms with Crippen molar-refractivity contribution in [2.24, 2.45) is 0 Å². The second kappa shape index (κ2) is 9.41. The maximum atomic E-state index is 12.6. The number of methoxy groups -OCH3 is 1. The molecule has 0 fully saturated rings. The number of carbonyl (C=O) groups is 1. The van der Waals surface area contributed by atoms with Gasteiger partial charge in [0.05, 0.1) is 18.6 Å². The summed E-state index contributed by atoms with van der Waals surface area (Å²) in [4.78, 5) is 12.6. The molecule has 0 aliphatic carbocycles. The predicted octanol–water partition coefficient (Wildman–Crippen LogP) is 4.13. The molecule has 7 heteroatoms. The summed E-state index contributed by atoms with van der Waals surface area (Å²) in [6.45, 7) is 4.18. The van der Waals surface area contributed by atoms with Crippen LogP contribution < -0.4 is 10.1 Å². The molecule has 28 heavy (non-hydrogen) atoms. The molecule has 0 spiro atoms. The van der Waals surface area contributed by atoms with Crippen LogP contribution in [-0.4, -0.2) is 33.5 Å². The van der Waals surface area contributed by atoms with E-state index in [2.05, 4.69) is 41.5 Å². The van der Waals surface area contributed by atoms with Crippen LogP contribution in [0.1, 0.15) is 25.0 Å². The van der Waals surface area contributed by atoms with E-state index >= 15 is 0 Å². The largest absolute Gasteiger partial charge is 0.495 e. The van der Waals surface area contributed by atoms with Crippen LogP contribution in [0.5, 0.6) is 5.75 Å². The Kier molecular flexibility index (Phi) is 6.71. The zero-order valence-corrected chi connectivity index (χ0v) is 17.1. The Morgan fingerprint density at radius 2 is 1.82 bits per heavy atom. The molecule has 6 nitrogen and oxygen atoms in total. The lowest BCUT2D eigenvalue weighted by molar-refractivity contribution is -0.113. The Bertz CT molecular complexity index is 933. The van der Waals surface area contributed by atoms with Crippen LogP contribution >= 0.6 is 11.8 Å². The minimum Gasteiger partial charge on any atom is -0.495 e. The Hall–Kier alpha value is -2.80. The van der Waals surface area contributed by atoms with Gasteiger partial charge in [-0.1, -0.05) is 55.9 Å². The van der Waals surface area contributed by atoms with Crippen LogP contribution in [0.2, 0.25) is 0 Å². The fraction of sp³-hybridized carbons (Fsp3) is 0.286. The standard InChI is InChI=1S/C21H24N4O2S/c1-4-15-9-8-10-16(5-2)20(15)23-19(26)13-28-21-24-22-14-25(21)17-11-6-7-12-18(17)27-3/h6-12,14H,4-5,13H2,1-3H3,(H,23,26). The molecular weight excluding hydrogens is 372 g/mol. The van der Waals surface area contributed by atoms with Gasteiger partial charge in [-0.3, -0.25) is 9.36 Å². The first kappa shape index (κ1) is 19.9. The van der Waals surface area contributed by atoms with E-state index < -0.39 is 0 Å². The number of hydrogen-bond donors (Lipinski definition) is 1. The van der Waals surface area contributed by atoms with Gasteiger partial charge in [-0.2, -0.15) is 0 Å². The third-order valence-electron chi connectivity index (χ3n) is 4.46. The molecule has 0 bridgehead atoms. The molecule has 2 aromatic carbocycles. The van der Waals surface area contributed by atoms with Gasteiger partial charge in [-0.15, -0.1) is 10.2 Å². The van der Waals surface area contributed by atoms with E-state index in [0.717, 1.165) is 41.1 Å². The molecule has 0 aliphatic heterocycles. The minimum absolute atomic E-state index is 0.0600. The van der Waals surface area contributed by atoms with E-state index in [1.807, 2.05) is 34.9 Å². The molecular formula is C21H24N4O2S. The number of amides is 1. The van der Waals surface area contributed by atoms with Gasteiger partial charge in [0, 0.05) is 5.69 Å². The normalized spacial score (nSPS) is 10.7. The molecule has 0 atom stereocenters.